The Labute approximate surface area is 132 Å². The molecule has 0 amide bonds. The molecule has 0 saturated carbocycles. The summed E-state index contributed by atoms with van der Waals surface area (Å²) >= 11 is 0. The molecule has 1 aromatic heterocycles. The Kier molecular flexibility index (Phi) is 4.71. The third-order valence-corrected chi connectivity index (χ3v) is 4.16. The lowest BCUT2D eigenvalue weighted by molar-refractivity contribution is 0.00578. The Morgan fingerprint density at radius 3 is 2.50 bits per heavy atom. The van der Waals surface area contributed by atoms with Crippen molar-refractivity contribution in [3.8, 4) is 6.07 Å². The van der Waals surface area contributed by atoms with Crippen LogP contribution in [-0.4, -0.2) is 36.9 Å². The molecule has 1 aliphatic rings. The Hall–Kier alpha value is -1.68. The van der Waals surface area contributed by atoms with E-state index in [1.165, 1.54) is 0 Å². The first kappa shape index (κ1) is 16.7. The van der Waals surface area contributed by atoms with Gasteiger partial charge in [0, 0.05) is 6.54 Å². The quantitative estimate of drug-likeness (QED) is 0.863. The summed E-state index contributed by atoms with van der Waals surface area (Å²) in [6.07, 6.45) is 1.92. The molecule has 6 heteroatoms. The van der Waals surface area contributed by atoms with Crippen molar-refractivity contribution in [2.75, 3.05) is 13.6 Å². The summed E-state index contributed by atoms with van der Waals surface area (Å²) in [6.45, 7) is 8.73. The molecule has 2 rings (SSSR count). The summed E-state index contributed by atoms with van der Waals surface area (Å²) in [4.78, 5) is 4.28. The van der Waals surface area contributed by atoms with Crippen molar-refractivity contribution in [2.45, 2.75) is 38.9 Å². The summed E-state index contributed by atoms with van der Waals surface area (Å²) in [5, 5.41) is 12.1. The number of pyridine rings is 1. The molecule has 0 bridgehead atoms. The fraction of sp³-hybridized carbons (Fsp3) is 0.500. The molecule has 0 aliphatic carbocycles. The van der Waals surface area contributed by atoms with E-state index in [2.05, 4.69) is 10.3 Å². The van der Waals surface area contributed by atoms with E-state index in [1.54, 1.807) is 6.07 Å². The summed E-state index contributed by atoms with van der Waals surface area (Å²) < 4.78 is 12.2. The van der Waals surface area contributed by atoms with Gasteiger partial charge in [0.05, 0.1) is 16.9 Å². The Bertz CT molecular complexity index is 604. The number of hydrogen-bond donors (Lipinski definition) is 1. The maximum atomic E-state index is 8.95. The highest BCUT2D eigenvalue weighted by Gasteiger charge is 2.52. The van der Waals surface area contributed by atoms with Gasteiger partial charge in [0.1, 0.15) is 11.8 Å². The highest BCUT2D eigenvalue weighted by atomic mass is 16.7. The SMILES string of the molecule is CNCC(=Cc1cccc(C#N)n1)B1OC(C)(C)C(C)(C)O1. The minimum absolute atomic E-state index is 0.383. The van der Waals surface area contributed by atoms with E-state index in [4.69, 9.17) is 14.6 Å². The fourth-order valence-electron chi connectivity index (χ4n) is 2.19. The van der Waals surface area contributed by atoms with Gasteiger partial charge in [-0.15, -0.1) is 0 Å². The van der Waals surface area contributed by atoms with Gasteiger partial charge in [0.2, 0.25) is 0 Å². The largest absolute Gasteiger partial charge is 0.491 e. The van der Waals surface area contributed by atoms with Crippen LogP contribution in [0.4, 0.5) is 0 Å². The first-order chi connectivity index (χ1) is 10.3. The molecular weight excluding hydrogens is 277 g/mol. The Balaban J connectivity index is 2.31. The Morgan fingerprint density at radius 2 is 1.95 bits per heavy atom. The van der Waals surface area contributed by atoms with Gasteiger partial charge >= 0.3 is 7.12 Å². The molecule has 1 fully saturated rings. The monoisotopic (exact) mass is 299 g/mol. The third kappa shape index (κ3) is 3.38. The number of rotatable bonds is 4. The molecule has 116 valence electrons. The van der Waals surface area contributed by atoms with Gasteiger partial charge in [0.15, 0.2) is 0 Å². The molecule has 0 radical (unpaired) electrons. The maximum Gasteiger partial charge on any atom is 0.491 e. The van der Waals surface area contributed by atoms with Crippen molar-refractivity contribution in [2.24, 2.45) is 0 Å². The van der Waals surface area contributed by atoms with Crippen LogP contribution in [0.3, 0.4) is 0 Å². The first-order valence-corrected chi connectivity index (χ1v) is 7.37. The van der Waals surface area contributed by atoms with Crippen molar-refractivity contribution in [1.82, 2.24) is 10.3 Å². The number of hydrogen-bond acceptors (Lipinski definition) is 5. The highest BCUT2D eigenvalue weighted by Crippen LogP contribution is 2.38. The molecule has 5 nitrogen and oxygen atoms in total. The van der Waals surface area contributed by atoms with Gasteiger partial charge in [-0.05, 0) is 58.4 Å². The van der Waals surface area contributed by atoms with Gasteiger partial charge in [-0.2, -0.15) is 5.26 Å². The molecule has 2 heterocycles. The van der Waals surface area contributed by atoms with Crippen molar-refractivity contribution in [3.05, 3.63) is 35.1 Å². The number of nitriles is 1. The average Bonchev–Trinajstić information content (AvgIpc) is 2.67. The van der Waals surface area contributed by atoms with Gasteiger partial charge in [-0.1, -0.05) is 6.07 Å². The van der Waals surface area contributed by atoms with E-state index in [0.29, 0.717) is 12.2 Å². The number of nitrogens with one attached hydrogen (secondary N) is 1. The van der Waals surface area contributed by atoms with Crippen LogP contribution < -0.4 is 5.32 Å². The second kappa shape index (κ2) is 6.21. The minimum atomic E-state index is -0.426. The van der Waals surface area contributed by atoms with Crippen LogP contribution >= 0.6 is 0 Å². The first-order valence-electron chi connectivity index (χ1n) is 7.37. The predicted octanol–water partition coefficient (Wildman–Crippen LogP) is 2.19. The van der Waals surface area contributed by atoms with Crippen LogP contribution in [0.5, 0.6) is 0 Å². The summed E-state index contributed by atoms with van der Waals surface area (Å²) in [7, 11) is 1.45. The zero-order chi connectivity index (χ0) is 16.4. The van der Waals surface area contributed by atoms with Crippen molar-refractivity contribution in [1.29, 1.82) is 5.26 Å². The van der Waals surface area contributed by atoms with Crippen LogP contribution in [0.25, 0.3) is 6.08 Å². The second-order valence-corrected chi connectivity index (χ2v) is 6.40. The average molecular weight is 299 g/mol. The molecule has 1 aliphatic heterocycles. The van der Waals surface area contributed by atoms with Gasteiger partial charge in [-0.3, -0.25) is 0 Å². The van der Waals surface area contributed by atoms with Gasteiger partial charge < -0.3 is 14.6 Å². The van der Waals surface area contributed by atoms with Crippen LogP contribution in [0.2, 0.25) is 0 Å². The lowest BCUT2D eigenvalue weighted by Crippen LogP contribution is -2.41. The summed E-state index contributed by atoms with van der Waals surface area (Å²) in [5.41, 5.74) is 1.30. The zero-order valence-electron chi connectivity index (χ0n) is 13.8. The fourth-order valence-corrected chi connectivity index (χ4v) is 2.19. The summed E-state index contributed by atoms with van der Waals surface area (Å²) in [6, 6.07) is 7.42. The van der Waals surface area contributed by atoms with E-state index in [-0.39, 0.29) is 11.2 Å². The molecule has 1 aromatic rings. The molecule has 1 N–H and O–H groups in total. The maximum absolute atomic E-state index is 8.95. The van der Waals surface area contributed by atoms with Crippen LogP contribution in [-0.2, 0) is 9.31 Å². The predicted molar refractivity (Wildman–Crippen MR) is 86.9 cm³/mol. The van der Waals surface area contributed by atoms with E-state index in [0.717, 1.165) is 11.2 Å². The lowest BCUT2D eigenvalue weighted by Gasteiger charge is -2.32. The van der Waals surface area contributed by atoms with Crippen LogP contribution in [0.15, 0.2) is 23.7 Å². The third-order valence-electron chi connectivity index (χ3n) is 4.16. The number of nitrogens with zero attached hydrogens (tertiary/aromatic N) is 2. The molecular formula is C16H22BN3O2. The topological polar surface area (TPSA) is 67.2 Å². The van der Waals surface area contributed by atoms with Crippen molar-refractivity contribution < 1.29 is 9.31 Å². The highest BCUT2D eigenvalue weighted by molar-refractivity contribution is 6.55. The van der Waals surface area contributed by atoms with E-state index in [1.807, 2.05) is 59.0 Å². The van der Waals surface area contributed by atoms with E-state index < -0.39 is 7.12 Å². The molecule has 22 heavy (non-hydrogen) atoms. The van der Waals surface area contributed by atoms with E-state index >= 15 is 0 Å². The van der Waals surface area contributed by atoms with Crippen molar-refractivity contribution in [3.63, 3.8) is 0 Å². The normalized spacial score (nSPS) is 20.0. The lowest BCUT2D eigenvalue weighted by atomic mass is 9.77. The van der Waals surface area contributed by atoms with Crippen molar-refractivity contribution >= 4 is 13.2 Å². The van der Waals surface area contributed by atoms with Gasteiger partial charge in [0.25, 0.3) is 0 Å². The van der Waals surface area contributed by atoms with E-state index in [9.17, 15) is 0 Å². The van der Waals surface area contributed by atoms with Gasteiger partial charge in [-0.25, -0.2) is 4.98 Å². The van der Waals surface area contributed by atoms with Crippen LogP contribution in [0, 0.1) is 11.3 Å². The molecule has 0 spiro atoms. The Morgan fingerprint density at radius 1 is 1.32 bits per heavy atom. The molecule has 0 unspecified atom stereocenters. The molecule has 1 saturated heterocycles. The van der Waals surface area contributed by atoms with Crippen LogP contribution in [0.1, 0.15) is 39.1 Å². The minimum Gasteiger partial charge on any atom is -0.400 e. The second-order valence-electron chi connectivity index (χ2n) is 6.40. The number of likely N-dealkylation sites (N-methyl/N-ethyl adjacent to an activating group) is 1. The zero-order valence-corrected chi connectivity index (χ0v) is 13.8. The summed E-state index contributed by atoms with van der Waals surface area (Å²) in [5.74, 6) is 0. The number of aromatic nitrogens is 1. The smallest absolute Gasteiger partial charge is 0.400 e. The standard InChI is InChI=1S/C16H22BN3O2/c1-15(2)16(3,4)22-17(21-15)12(11-19-5)9-13-7-6-8-14(10-18)20-13/h6-9,19H,11H2,1-5H3. The molecule has 0 atom stereocenters. The molecule has 0 aromatic carbocycles.